The lowest BCUT2D eigenvalue weighted by molar-refractivity contribution is 0.530. The lowest BCUT2D eigenvalue weighted by Gasteiger charge is -2.15. The summed E-state index contributed by atoms with van der Waals surface area (Å²) in [7, 11) is 0. The first-order chi connectivity index (χ1) is 3.39. The van der Waals surface area contributed by atoms with Crippen molar-refractivity contribution in [2.45, 2.75) is 31.7 Å². The van der Waals surface area contributed by atoms with Crippen molar-refractivity contribution in [1.29, 1.82) is 0 Å². The van der Waals surface area contributed by atoms with Crippen LogP contribution in [0.25, 0.3) is 0 Å². The third kappa shape index (κ3) is 1.48. The van der Waals surface area contributed by atoms with Gasteiger partial charge < -0.3 is 5.73 Å². The smallest absolute Gasteiger partial charge is 0.00703 e. The second-order valence-electron chi connectivity index (χ2n) is 2.18. The van der Waals surface area contributed by atoms with E-state index in [-0.39, 0.29) is 0 Å². The molecular weight excluding hydrogens is 86.1 g/mol. The summed E-state index contributed by atoms with van der Waals surface area (Å²) in [5, 5.41) is 0. The first kappa shape index (κ1) is 5.10. The number of rotatable bonds is 0. The van der Waals surface area contributed by atoms with E-state index in [1.165, 1.54) is 25.7 Å². The van der Waals surface area contributed by atoms with Crippen LogP contribution >= 0.6 is 0 Å². The molecule has 0 aliphatic heterocycles. The predicted molar refractivity (Wildman–Crippen MR) is 30.7 cm³/mol. The van der Waals surface area contributed by atoms with Crippen LogP contribution in [0.2, 0.25) is 0 Å². The Hall–Kier alpha value is -0.0400. The summed E-state index contributed by atoms with van der Waals surface area (Å²) in [5.41, 5.74) is 5.58. The maximum atomic E-state index is 5.58. The molecule has 0 aromatic carbocycles. The molecule has 0 aromatic rings. The van der Waals surface area contributed by atoms with Gasteiger partial charge in [-0.3, -0.25) is 0 Å². The van der Waals surface area contributed by atoms with E-state index in [2.05, 4.69) is 6.42 Å². The van der Waals surface area contributed by atoms with Crippen LogP contribution in [-0.4, -0.2) is 6.04 Å². The Balaban J connectivity index is 2.12. The van der Waals surface area contributed by atoms with E-state index >= 15 is 0 Å². The Kier molecular flexibility index (Phi) is 1.69. The molecule has 1 radical (unpaired) electrons. The first-order valence-electron chi connectivity index (χ1n) is 2.98. The molecule has 0 amide bonds. The molecule has 0 bridgehead atoms. The van der Waals surface area contributed by atoms with Crippen molar-refractivity contribution in [3.8, 4) is 0 Å². The quantitative estimate of drug-likeness (QED) is 0.482. The van der Waals surface area contributed by atoms with Gasteiger partial charge in [0.15, 0.2) is 0 Å². The molecule has 1 aliphatic carbocycles. The van der Waals surface area contributed by atoms with Gasteiger partial charge in [-0.15, -0.1) is 0 Å². The predicted octanol–water partition coefficient (Wildman–Crippen LogP) is 1.09. The van der Waals surface area contributed by atoms with E-state index in [0.29, 0.717) is 6.04 Å². The zero-order valence-electron chi connectivity index (χ0n) is 4.56. The first-order valence-corrected chi connectivity index (χ1v) is 2.98. The van der Waals surface area contributed by atoms with Gasteiger partial charge in [-0.05, 0) is 19.3 Å². The van der Waals surface area contributed by atoms with Crippen LogP contribution in [0.5, 0.6) is 0 Å². The molecule has 1 saturated carbocycles. The highest BCUT2D eigenvalue weighted by Gasteiger charge is 2.06. The van der Waals surface area contributed by atoms with Gasteiger partial charge in [0.1, 0.15) is 0 Å². The van der Waals surface area contributed by atoms with E-state index in [9.17, 15) is 0 Å². The van der Waals surface area contributed by atoms with Crippen molar-refractivity contribution in [2.24, 2.45) is 5.73 Å². The molecule has 0 saturated heterocycles. The van der Waals surface area contributed by atoms with Crippen LogP contribution < -0.4 is 5.73 Å². The summed E-state index contributed by atoms with van der Waals surface area (Å²) in [6, 6.07) is 0.411. The van der Waals surface area contributed by atoms with Gasteiger partial charge in [-0.2, -0.15) is 0 Å². The molecule has 41 valence electrons. The largest absolute Gasteiger partial charge is 0.327 e. The minimum absolute atomic E-state index is 0.411. The SMILES string of the molecule is N[C@@H]1[CH]CCCC1. The van der Waals surface area contributed by atoms with Crippen molar-refractivity contribution in [3.05, 3.63) is 6.42 Å². The lowest BCUT2D eigenvalue weighted by Crippen LogP contribution is -2.22. The molecule has 0 heterocycles. The normalized spacial score (nSPS) is 25.3. The zero-order chi connectivity index (χ0) is 5.11. The number of hydrogen-bond acceptors (Lipinski definition) is 1. The molecular formula is C6H12N. The topological polar surface area (TPSA) is 26.0 Å². The summed E-state index contributed by atoms with van der Waals surface area (Å²) < 4.78 is 0. The molecule has 0 unspecified atom stereocenters. The summed E-state index contributed by atoms with van der Waals surface area (Å²) >= 11 is 0. The van der Waals surface area contributed by atoms with Crippen molar-refractivity contribution < 1.29 is 0 Å². The molecule has 1 aliphatic rings. The van der Waals surface area contributed by atoms with Gasteiger partial charge in [0.2, 0.25) is 0 Å². The van der Waals surface area contributed by atoms with E-state index in [4.69, 9.17) is 5.73 Å². The second kappa shape index (κ2) is 2.31. The van der Waals surface area contributed by atoms with E-state index < -0.39 is 0 Å². The van der Waals surface area contributed by atoms with Gasteiger partial charge >= 0.3 is 0 Å². The van der Waals surface area contributed by atoms with Gasteiger partial charge in [-0.1, -0.05) is 12.8 Å². The van der Waals surface area contributed by atoms with E-state index in [1.807, 2.05) is 0 Å². The Morgan fingerprint density at radius 1 is 1.43 bits per heavy atom. The highest BCUT2D eigenvalue weighted by atomic mass is 14.6. The fraction of sp³-hybridized carbons (Fsp3) is 0.833. The molecule has 2 N–H and O–H groups in total. The fourth-order valence-electron chi connectivity index (χ4n) is 0.974. The Labute approximate surface area is 44.9 Å². The molecule has 0 aromatic heterocycles. The molecule has 1 rings (SSSR count). The van der Waals surface area contributed by atoms with Crippen LogP contribution in [0.15, 0.2) is 0 Å². The zero-order valence-corrected chi connectivity index (χ0v) is 4.56. The minimum atomic E-state index is 0.411. The lowest BCUT2D eigenvalue weighted by atomic mass is 9.97. The van der Waals surface area contributed by atoms with E-state index in [0.717, 1.165) is 0 Å². The van der Waals surface area contributed by atoms with Crippen LogP contribution in [0.1, 0.15) is 25.7 Å². The van der Waals surface area contributed by atoms with Gasteiger partial charge in [0, 0.05) is 6.04 Å². The Bertz CT molecular complexity index is 46.1. The highest BCUT2D eigenvalue weighted by molar-refractivity contribution is 4.83. The summed E-state index contributed by atoms with van der Waals surface area (Å²) in [4.78, 5) is 0. The maximum Gasteiger partial charge on any atom is 0.00703 e. The Morgan fingerprint density at radius 3 is 2.57 bits per heavy atom. The number of nitrogens with two attached hydrogens (primary N) is 1. The molecule has 1 atom stereocenters. The minimum Gasteiger partial charge on any atom is -0.327 e. The number of hydrogen-bond donors (Lipinski definition) is 1. The molecule has 1 fully saturated rings. The van der Waals surface area contributed by atoms with Crippen molar-refractivity contribution in [2.75, 3.05) is 0 Å². The average molecular weight is 98.2 g/mol. The van der Waals surface area contributed by atoms with Gasteiger partial charge in [-0.25, -0.2) is 0 Å². The summed E-state index contributed by atoms with van der Waals surface area (Å²) in [6.45, 7) is 0. The van der Waals surface area contributed by atoms with Crippen molar-refractivity contribution in [1.82, 2.24) is 0 Å². The van der Waals surface area contributed by atoms with Gasteiger partial charge in [0.25, 0.3) is 0 Å². The summed E-state index contributed by atoms with van der Waals surface area (Å²) in [5.74, 6) is 0. The van der Waals surface area contributed by atoms with E-state index in [1.54, 1.807) is 0 Å². The van der Waals surface area contributed by atoms with Crippen molar-refractivity contribution in [3.63, 3.8) is 0 Å². The Morgan fingerprint density at radius 2 is 2.29 bits per heavy atom. The monoisotopic (exact) mass is 98.1 g/mol. The fourth-order valence-corrected chi connectivity index (χ4v) is 0.974. The highest BCUT2D eigenvalue weighted by Crippen LogP contribution is 2.13. The van der Waals surface area contributed by atoms with Crippen LogP contribution in [-0.2, 0) is 0 Å². The maximum absolute atomic E-state index is 5.58. The average Bonchev–Trinajstić information content (AvgIpc) is 1.69. The van der Waals surface area contributed by atoms with Gasteiger partial charge in [0.05, 0.1) is 0 Å². The van der Waals surface area contributed by atoms with Crippen LogP contribution in [0.4, 0.5) is 0 Å². The second-order valence-corrected chi connectivity index (χ2v) is 2.18. The standard InChI is InChI=1S/C6H12N/c7-6-4-2-1-3-5-6/h4,6H,1-3,5,7H2/t6-/m1/s1. The van der Waals surface area contributed by atoms with Crippen LogP contribution in [0.3, 0.4) is 0 Å². The van der Waals surface area contributed by atoms with Crippen molar-refractivity contribution >= 4 is 0 Å². The summed E-state index contributed by atoms with van der Waals surface area (Å²) in [6.07, 6.45) is 7.34. The van der Waals surface area contributed by atoms with Crippen LogP contribution in [0, 0.1) is 6.42 Å². The third-order valence-corrected chi connectivity index (χ3v) is 1.46. The third-order valence-electron chi connectivity index (χ3n) is 1.46. The molecule has 1 nitrogen and oxygen atoms in total. The molecule has 0 spiro atoms. The molecule has 7 heavy (non-hydrogen) atoms. The molecule has 1 heteroatoms.